The lowest BCUT2D eigenvalue weighted by molar-refractivity contribution is 0.102. The van der Waals surface area contributed by atoms with Gasteiger partial charge in [0, 0.05) is 22.9 Å². The fourth-order valence-electron chi connectivity index (χ4n) is 2.59. The smallest absolute Gasteiger partial charge is 0.255 e. The summed E-state index contributed by atoms with van der Waals surface area (Å²) in [7, 11) is 1.49. The van der Waals surface area contributed by atoms with E-state index >= 15 is 0 Å². The number of carbonyl (C=O) groups excluding carboxylic acids is 1. The third-order valence-electron chi connectivity index (χ3n) is 3.93. The van der Waals surface area contributed by atoms with Gasteiger partial charge >= 0.3 is 0 Å². The van der Waals surface area contributed by atoms with E-state index in [1.165, 1.54) is 7.11 Å². The molecule has 0 aliphatic rings. The van der Waals surface area contributed by atoms with Crippen LogP contribution in [-0.2, 0) is 4.84 Å². The summed E-state index contributed by atoms with van der Waals surface area (Å²) in [4.78, 5) is 21.8. The number of aryl methyl sites for hydroxylation is 1. The zero-order valence-corrected chi connectivity index (χ0v) is 14.6. The number of oxime groups is 1. The summed E-state index contributed by atoms with van der Waals surface area (Å²) in [5, 5.41) is 6.71. The van der Waals surface area contributed by atoms with Crippen LogP contribution in [0.3, 0.4) is 0 Å². The van der Waals surface area contributed by atoms with Crippen LogP contribution in [0.2, 0.25) is 0 Å². The lowest BCUT2D eigenvalue weighted by Crippen LogP contribution is -2.14. The number of aromatic nitrogens is 1. The average Bonchev–Trinajstić information content (AvgIpc) is 2.67. The summed E-state index contributed by atoms with van der Waals surface area (Å²) in [6.45, 7) is 1.92. The number of nitrogens with zero attached hydrogens (tertiary/aromatic N) is 2. The molecule has 0 saturated carbocycles. The van der Waals surface area contributed by atoms with E-state index in [2.05, 4.69) is 20.3 Å². The predicted molar refractivity (Wildman–Crippen MR) is 103 cm³/mol. The van der Waals surface area contributed by atoms with Crippen molar-refractivity contribution in [2.45, 2.75) is 6.92 Å². The summed E-state index contributed by atoms with van der Waals surface area (Å²) >= 11 is 0. The molecule has 130 valence electrons. The number of hydrogen-bond donors (Lipinski definition) is 1. The fraction of sp³-hybridized carbons (Fsp3) is 0.0952. The van der Waals surface area contributed by atoms with Crippen molar-refractivity contribution < 1.29 is 9.63 Å². The van der Waals surface area contributed by atoms with Crippen LogP contribution in [0.25, 0.3) is 11.3 Å². The van der Waals surface area contributed by atoms with E-state index in [1.54, 1.807) is 12.4 Å². The van der Waals surface area contributed by atoms with Crippen LogP contribution in [0.1, 0.15) is 21.5 Å². The maximum atomic E-state index is 12.6. The molecule has 3 aromatic rings. The van der Waals surface area contributed by atoms with Gasteiger partial charge in [-0.2, -0.15) is 0 Å². The van der Waals surface area contributed by atoms with Crippen LogP contribution in [0.5, 0.6) is 0 Å². The Hall–Kier alpha value is -3.47. The largest absolute Gasteiger partial charge is 0.399 e. The van der Waals surface area contributed by atoms with Crippen molar-refractivity contribution in [2.24, 2.45) is 5.16 Å². The van der Waals surface area contributed by atoms with Gasteiger partial charge in [0.1, 0.15) is 7.11 Å². The summed E-state index contributed by atoms with van der Waals surface area (Å²) in [6, 6.07) is 18.9. The molecule has 0 unspecified atom stereocenters. The van der Waals surface area contributed by atoms with Crippen LogP contribution in [0, 0.1) is 6.92 Å². The Balaban J connectivity index is 1.88. The minimum atomic E-state index is -0.139. The highest BCUT2D eigenvalue weighted by Gasteiger charge is 2.12. The molecule has 1 aromatic heterocycles. The number of anilines is 1. The number of para-hydroxylation sites is 1. The highest BCUT2D eigenvalue weighted by molar-refractivity contribution is 6.07. The SMILES string of the molecule is CO/N=C/c1ccc(-c2ccccc2NC(=O)c2ccccc2C)nc1. The Morgan fingerprint density at radius 1 is 1.08 bits per heavy atom. The number of pyridine rings is 1. The molecule has 5 nitrogen and oxygen atoms in total. The topological polar surface area (TPSA) is 63.6 Å². The quantitative estimate of drug-likeness (QED) is 0.554. The van der Waals surface area contributed by atoms with Crippen molar-refractivity contribution >= 4 is 17.8 Å². The van der Waals surface area contributed by atoms with Crippen LogP contribution >= 0.6 is 0 Å². The Morgan fingerprint density at radius 2 is 1.85 bits per heavy atom. The van der Waals surface area contributed by atoms with Crippen LogP contribution in [-0.4, -0.2) is 24.2 Å². The van der Waals surface area contributed by atoms with Gasteiger partial charge in [-0.3, -0.25) is 9.78 Å². The third kappa shape index (κ3) is 3.95. The molecule has 0 bridgehead atoms. The van der Waals surface area contributed by atoms with E-state index in [0.29, 0.717) is 11.3 Å². The molecule has 5 heteroatoms. The minimum Gasteiger partial charge on any atom is -0.399 e. The molecule has 0 saturated heterocycles. The molecular formula is C21H19N3O2. The van der Waals surface area contributed by atoms with E-state index in [-0.39, 0.29) is 5.91 Å². The highest BCUT2D eigenvalue weighted by Crippen LogP contribution is 2.27. The van der Waals surface area contributed by atoms with Crippen molar-refractivity contribution in [1.29, 1.82) is 0 Å². The molecule has 0 aliphatic carbocycles. The molecule has 1 heterocycles. The molecule has 26 heavy (non-hydrogen) atoms. The minimum absolute atomic E-state index is 0.139. The second kappa shape index (κ2) is 8.07. The second-order valence-electron chi connectivity index (χ2n) is 5.71. The van der Waals surface area contributed by atoms with E-state index in [4.69, 9.17) is 0 Å². The number of nitrogens with one attached hydrogen (secondary N) is 1. The van der Waals surface area contributed by atoms with Crippen LogP contribution < -0.4 is 5.32 Å². The molecule has 0 radical (unpaired) electrons. The number of benzene rings is 2. The Bertz CT molecular complexity index is 934. The molecular weight excluding hydrogens is 326 g/mol. The zero-order chi connectivity index (χ0) is 18.4. The number of rotatable bonds is 5. The van der Waals surface area contributed by atoms with Crippen LogP contribution in [0.4, 0.5) is 5.69 Å². The predicted octanol–water partition coefficient (Wildman–Crippen LogP) is 4.29. The number of amides is 1. The van der Waals surface area contributed by atoms with Crippen molar-refractivity contribution in [3.05, 3.63) is 83.6 Å². The van der Waals surface area contributed by atoms with E-state index in [1.807, 2.05) is 67.6 Å². The monoisotopic (exact) mass is 345 g/mol. The molecule has 1 amide bonds. The van der Waals surface area contributed by atoms with Crippen molar-refractivity contribution in [3.63, 3.8) is 0 Å². The highest BCUT2D eigenvalue weighted by atomic mass is 16.6. The van der Waals surface area contributed by atoms with Gasteiger partial charge in [-0.25, -0.2) is 0 Å². The first-order valence-corrected chi connectivity index (χ1v) is 8.18. The normalized spacial score (nSPS) is 10.7. The maximum Gasteiger partial charge on any atom is 0.255 e. The summed E-state index contributed by atoms with van der Waals surface area (Å²) in [5.41, 5.74) is 4.75. The van der Waals surface area contributed by atoms with Gasteiger partial charge in [0.2, 0.25) is 0 Å². The van der Waals surface area contributed by atoms with Gasteiger partial charge < -0.3 is 10.2 Å². The third-order valence-corrected chi connectivity index (χ3v) is 3.93. The van der Waals surface area contributed by atoms with Gasteiger partial charge in [-0.1, -0.05) is 41.6 Å². The Kier molecular flexibility index (Phi) is 5.39. The molecule has 1 N–H and O–H groups in total. The second-order valence-corrected chi connectivity index (χ2v) is 5.71. The Labute approximate surface area is 152 Å². The van der Waals surface area contributed by atoms with Gasteiger partial charge in [0.05, 0.1) is 17.6 Å². The molecule has 3 rings (SSSR count). The van der Waals surface area contributed by atoms with E-state index in [0.717, 1.165) is 22.4 Å². The lowest BCUT2D eigenvalue weighted by Gasteiger charge is -2.12. The molecule has 0 atom stereocenters. The summed E-state index contributed by atoms with van der Waals surface area (Å²) < 4.78 is 0. The van der Waals surface area contributed by atoms with Gasteiger partial charge in [0.15, 0.2) is 0 Å². The standard InChI is InChI=1S/C21H19N3O2/c1-15-7-3-4-8-17(15)21(25)24-20-10-6-5-9-18(20)19-12-11-16(13-22-19)14-23-26-2/h3-14H,1-2H3,(H,24,25)/b23-14+. The molecule has 2 aromatic carbocycles. The first-order valence-electron chi connectivity index (χ1n) is 8.18. The lowest BCUT2D eigenvalue weighted by atomic mass is 10.1. The van der Waals surface area contributed by atoms with Crippen LogP contribution in [0.15, 0.2) is 72.0 Å². The van der Waals surface area contributed by atoms with Gasteiger partial charge in [-0.05, 0) is 36.8 Å². The van der Waals surface area contributed by atoms with E-state index in [9.17, 15) is 4.79 Å². The van der Waals surface area contributed by atoms with Gasteiger partial charge in [-0.15, -0.1) is 0 Å². The molecule has 0 aliphatic heterocycles. The van der Waals surface area contributed by atoms with Crippen molar-refractivity contribution in [2.75, 3.05) is 12.4 Å². The van der Waals surface area contributed by atoms with Gasteiger partial charge in [0.25, 0.3) is 5.91 Å². The number of hydrogen-bond acceptors (Lipinski definition) is 4. The summed E-state index contributed by atoms with van der Waals surface area (Å²) in [5.74, 6) is -0.139. The first-order chi connectivity index (χ1) is 12.7. The molecule has 0 spiro atoms. The fourth-order valence-corrected chi connectivity index (χ4v) is 2.59. The first kappa shape index (κ1) is 17.4. The summed E-state index contributed by atoms with van der Waals surface area (Å²) in [6.07, 6.45) is 3.29. The number of carbonyl (C=O) groups is 1. The maximum absolute atomic E-state index is 12.6. The van der Waals surface area contributed by atoms with E-state index < -0.39 is 0 Å². The van der Waals surface area contributed by atoms with Crippen molar-refractivity contribution in [1.82, 2.24) is 4.98 Å². The average molecular weight is 345 g/mol. The zero-order valence-electron chi connectivity index (χ0n) is 14.6. The Morgan fingerprint density at radius 3 is 2.58 bits per heavy atom. The van der Waals surface area contributed by atoms with Crippen molar-refractivity contribution in [3.8, 4) is 11.3 Å². The molecule has 0 fully saturated rings.